The van der Waals surface area contributed by atoms with Crippen molar-refractivity contribution in [2.24, 2.45) is 16.7 Å². The average molecular weight is 432 g/mol. The molecule has 3 atom stereocenters. The van der Waals surface area contributed by atoms with E-state index in [9.17, 15) is 9.59 Å². The van der Waals surface area contributed by atoms with Crippen LogP contribution in [-0.4, -0.2) is 54.3 Å². The van der Waals surface area contributed by atoms with Crippen LogP contribution in [-0.2, 0) is 19.9 Å². The summed E-state index contributed by atoms with van der Waals surface area (Å²) in [6.07, 6.45) is 6.04. The number of rotatable bonds is 8. The normalized spacial score (nSPS) is 28.5. The lowest BCUT2D eigenvalue weighted by Crippen LogP contribution is -2.47. The van der Waals surface area contributed by atoms with Gasteiger partial charge >= 0.3 is 11.9 Å². The molecule has 3 rings (SSSR count). The Morgan fingerprint density at radius 2 is 1.68 bits per heavy atom. The Hall–Kier alpha value is -2.18. The molecular weight excluding hydrogens is 394 g/mol. The minimum Gasteiger partial charge on any atom is -0.478 e. The van der Waals surface area contributed by atoms with Crippen molar-refractivity contribution in [2.45, 2.75) is 52.1 Å². The summed E-state index contributed by atoms with van der Waals surface area (Å²) in [4.78, 5) is 21.3. The van der Waals surface area contributed by atoms with Gasteiger partial charge in [-0.3, -0.25) is 0 Å². The van der Waals surface area contributed by atoms with Gasteiger partial charge < -0.3 is 19.8 Å². The topological polar surface area (TPSA) is 87.1 Å². The Morgan fingerprint density at radius 1 is 1.10 bits per heavy atom. The summed E-state index contributed by atoms with van der Waals surface area (Å²) in [5, 5.41) is 15.6. The van der Waals surface area contributed by atoms with Crippen molar-refractivity contribution in [3.63, 3.8) is 0 Å². The smallest absolute Gasteiger partial charge is 0.328 e. The minimum atomic E-state index is -1.26. The molecule has 0 spiro atoms. The van der Waals surface area contributed by atoms with Crippen LogP contribution in [0, 0.1) is 16.7 Å². The highest BCUT2D eigenvalue weighted by atomic mass is 16.5. The summed E-state index contributed by atoms with van der Waals surface area (Å²) in [6.45, 7) is 9.37. The van der Waals surface area contributed by atoms with Crippen LogP contribution >= 0.6 is 0 Å². The van der Waals surface area contributed by atoms with Gasteiger partial charge in [0, 0.05) is 24.2 Å². The van der Waals surface area contributed by atoms with Crippen molar-refractivity contribution in [1.29, 1.82) is 0 Å². The van der Waals surface area contributed by atoms with Gasteiger partial charge in [0.2, 0.25) is 0 Å². The van der Waals surface area contributed by atoms with Crippen molar-refractivity contribution >= 4 is 11.9 Å². The number of nitrogens with zero attached hydrogens (tertiary/aromatic N) is 1. The van der Waals surface area contributed by atoms with Gasteiger partial charge in [0.15, 0.2) is 0 Å². The quantitative estimate of drug-likeness (QED) is 0.468. The van der Waals surface area contributed by atoms with Crippen LogP contribution in [0.5, 0.6) is 0 Å². The van der Waals surface area contributed by atoms with Crippen molar-refractivity contribution in [1.82, 2.24) is 4.90 Å². The zero-order chi connectivity index (χ0) is 23.3. The van der Waals surface area contributed by atoms with Crippen LogP contribution in [0.2, 0.25) is 0 Å². The summed E-state index contributed by atoms with van der Waals surface area (Å²) in [6, 6.07) is 11.0. The number of benzene rings is 1. The molecule has 0 saturated heterocycles. The van der Waals surface area contributed by atoms with E-state index in [0.717, 1.165) is 25.5 Å². The SMILES string of the molecule is CN(C)CCCOC1(c2ccccc2)CC2CCC1(C)C2(C)C.O=C(O)/C=C/C(=O)O. The van der Waals surface area contributed by atoms with E-state index in [4.69, 9.17) is 14.9 Å². The third-order valence-corrected chi connectivity index (χ3v) is 7.57. The van der Waals surface area contributed by atoms with E-state index in [1.54, 1.807) is 0 Å². The molecule has 0 heterocycles. The molecule has 0 radical (unpaired) electrons. The van der Waals surface area contributed by atoms with Gasteiger partial charge in [-0.05, 0) is 63.2 Å². The molecule has 2 bridgehead atoms. The fraction of sp³-hybridized carbons (Fsp3) is 0.600. The molecule has 2 fully saturated rings. The fourth-order valence-corrected chi connectivity index (χ4v) is 5.46. The third-order valence-electron chi connectivity index (χ3n) is 7.57. The van der Waals surface area contributed by atoms with Crippen molar-refractivity contribution < 1.29 is 24.5 Å². The second-order valence-electron chi connectivity index (χ2n) is 9.70. The Bertz CT molecular complexity index is 772. The average Bonchev–Trinajstić information content (AvgIpc) is 3.03. The number of aliphatic carboxylic acids is 2. The lowest BCUT2D eigenvalue weighted by atomic mass is 9.62. The van der Waals surface area contributed by atoms with E-state index in [0.29, 0.717) is 17.6 Å². The summed E-state index contributed by atoms with van der Waals surface area (Å²) in [5.41, 5.74) is 1.87. The molecule has 2 aliphatic carbocycles. The van der Waals surface area contributed by atoms with Gasteiger partial charge in [0.05, 0.1) is 5.60 Å². The highest BCUT2D eigenvalue weighted by Gasteiger charge is 2.69. The molecule has 2 aliphatic rings. The maximum atomic E-state index is 9.55. The maximum Gasteiger partial charge on any atom is 0.328 e. The molecule has 0 amide bonds. The van der Waals surface area contributed by atoms with Crippen LogP contribution in [0.15, 0.2) is 42.5 Å². The Balaban J connectivity index is 0.000000366. The first-order valence-electron chi connectivity index (χ1n) is 10.9. The van der Waals surface area contributed by atoms with Crippen LogP contribution in [0.3, 0.4) is 0 Å². The van der Waals surface area contributed by atoms with Crippen molar-refractivity contribution in [3.8, 4) is 0 Å². The molecule has 1 aromatic carbocycles. The summed E-state index contributed by atoms with van der Waals surface area (Å²) in [5.74, 6) is -1.73. The van der Waals surface area contributed by atoms with Crippen LogP contribution < -0.4 is 0 Å². The Kier molecular flexibility index (Phi) is 8.06. The van der Waals surface area contributed by atoms with Crippen molar-refractivity contribution in [3.05, 3.63) is 48.0 Å². The number of hydrogen-bond donors (Lipinski definition) is 2. The molecule has 3 unspecified atom stereocenters. The molecule has 6 heteroatoms. The van der Waals surface area contributed by atoms with E-state index in [1.807, 2.05) is 0 Å². The van der Waals surface area contributed by atoms with E-state index in [2.05, 4.69) is 70.1 Å². The zero-order valence-corrected chi connectivity index (χ0v) is 19.4. The second kappa shape index (κ2) is 9.96. The van der Waals surface area contributed by atoms with Gasteiger partial charge in [0.1, 0.15) is 0 Å². The van der Waals surface area contributed by atoms with Gasteiger partial charge in [-0.2, -0.15) is 0 Å². The highest BCUT2D eigenvalue weighted by molar-refractivity contribution is 5.89. The van der Waals surface area contributed by atoms with Crippen LogP contribution in [0.4, 0.5) is 0 Å². The van der Waals surface area contributed by atoms with Gasteiger partial charge in [-0.1, -0.05) is 51.1 Å². The molecule has 2 N–H and O–H groups in total. The number of carbonyl (C=O) groups is 2. The van der Waals surface area contributed by atoms with Gasteiger partial charge in [-0.15, -0.1) is 0 Å². The third kappa shape index (κ3) is 5.18. The number of carboxylic acids is 2. The lowest BCUT2D eigenvalue weighted by molar-refractivity contribution is -0.147. The zero-order valence-electron chi connectivity index (χ0n) is 19.4. The van der Waals surface area contributed by atoms with E-state index < -0.39 is 11.9 Å². The van der Waals surface area contributed by atoms with E-state index in [-0.39, 0.29) is 11.0 Å². The number of fused-ring (bicyclic) bond motifs is 2. The summed E-state index contributed by atoms with van der Waals surface area (Å²) >= 11 is 0. The summed E-state index contributed by atoms with van der Waals surface area (Å²) < 4.78 is 6.77. The van der Waals surface area contributed by atoms with E-state index in [1.165, 1.54) is 24.8 Å². The van der Waals surface area contributed by atoms with Crippen molar-refractivity contribution in [2.75, 3.05) is 27.2 Å². The largest absolute Gasteiger partial charge is 0.478 e. The molecular formula is C25H37NO5. The molecule has 6 nitrogen and oxygen atoms in total. The standard InChI is InChI=1S/C21H33NO.C4H4O4/c1-19(2)18-12-13-20(19,3)21(16-18,17-10-7-6-8-11-17)23-15-9-14-22(4)5;5-3(6)1-2-4(7)8/h6-8,10-11,18H,9,12-16H2,1-5H3;1-2H,(H,5,6)(H,7,8)/b;2-1+. The molecule has 0 aromatic heterocycles. The van der Waals surface area contributed by atoms with Gasteiger partial charge in [0.25, 0.3) is 0 Å². The number of carboxylic acid groups (broad SMARTS) is 2. The summed E-state index contributed by atoms with van der Waals surface area (Å²) in [7, 11) is 4.27. The predicted molar refractivity (Wildman–Crippen MR) is 121 cm³/mol. The Labute approximate surface area is 185 Å². The van der Waals surface area contributed by atoms with Crippen LogP contribution in [0.1, 0.15) is 52.0 Å². The molecule has 2 saturated carbocycles. The first-order valence-corrected chi connectivity index (χ1v) is 10.9. The molecule has 172 valence electrons. The fourth-order valence-electron chi connectivity index (χ4n) is 5.46. The first-order chi connectivity index (χ1) is 14.5. The maximum absolute atomic E-state index is 9.55. The van der Waals surface area contributed by atoms with Crippen LogP contribution in [0.25, 0.3) is 0 Å². The Morgan fingerprint density at radius 3 is 2.10 bits per heavy atom. The monoisotopic (exact) mass is 431 g/mol. The predicted octanol–water partition coefficient (Wildman–Crippen LogP) is 4.41. The number of hydrogen-bond acceptors (Lipinski definition) is 4. The lowest BCUT2D eigenvalue weighted by Gasteiger charge is -2.49. The number of ether oxygens (including phenoxy) is 1. The molecule has 31 heavy (non-hydrogen) atoms. The molecule has 0 aliphatic heterocycles. The first kappa shape index (κ1) is 25.1. The molecule has 1 aromatic rings. The highest BCUT2D eigenvalue weighted by Crippen LogP contribution is 2.73. The van der Waals surface area contributed by atoms with E-state index >= 15 is 0 Å². The van der Waals surface area contributed by atoms with Gasteiger partial charge in [-0.25, -0.2) is 9.59 Å². The minimum absolute atomic E-state index is 0.104. The second-order valence-corrected chi connectivity index (χ2v) is 9.70.